The number of aryl methyl sites for hydroxylation is 2. The molecule has 1 aliphatic carbocycles. The normalized spacial score (nSPS) is 17.8. The summed E-state index contributed by atoms with van der Waals surface area (Å²) in [6.45, 7) is 10.6. The Labute approximate surface area is 134 Å². The summed E-state index contributed by atoms with van der Waals surface area (Å²) in [7, 11) is 0. The quantitative estimate of drug-likeness (QED) is 0.817. The Hall–Kier alpha value is -0.540. The van der Waals surface area contributed by atoms with Crippen LogP contribution >= 0.6 is 11.6 Å². The smallest absolute Gasteiger partial charge is 0.0847 e. The Morgan fingerprint density at radius 2 is 2.00 bits per heavy atom. The predicted octanol–water partition coefficient (Wildman–Crippen LogP) is 4.21. The zero-order valence-corrected chi connectivity index (χ0v) is 14.7. The van der Waals surface area contributed by atoms with Crippen LogP contribution in [-0.4, -0.2) is 22.4 Å². The summed E-state index contributed by atoms with van der Waals surface area (Å²) in [5.74, 6) is 1.52. The molecule has 120 valence electrons. The first-order valence-electron chi connectivity index (χ1n) is 8.48. The number of aromatic nitrogens is 2. The Balaban J connectivity index is 2.13. The van der Waals surface area contributed by atoms with Gasteiger partial charge in [-0.1, -0.05) is 51.1 Å². The highest BCUT2D eigenvalue weighted by molar-refractivity contribution is 6.31. The molecule has 1 aromatic heterocycles. The van der Waals surface area contributed by atoms with E-state index in [0.717, 1.165) is 36.1 Å². The lowest BCUT2D eigenvalue weighted by molar-refractivity contribution is 0.307. The van der Waals surface area contributed by atoms with Gasteiger partial charge in [-0.2, -0.15) is 5.10 Å². The van der Waals surface area contributed by atoms with E-state index in [0.29, 0.717) is 12.0 Å². The molecule has 4 heteroatoms. The van der Waals surface area contributed by atoms with Gasteiger partial charge in [-0.05, 0) is 38.6 Å². The highest BCUT2D eigenvalue weighted by atomic mass is 35.5. The van der Waals surface area contributed by atoms with Crippen LogP contribution in [0.1, 0.15) is 57.8 Å². The van der Waals surface area contributed by atoms with Crippen molar-refractivity contribution >= 4 is 11.6 Å². The van der Waals surface area contributed by atoms with Crippen molar-refractivity contribution in [1.29, 1.82) is 0 Å². The van der Waals surface area contributed by atoms with Gasteiger partial charge < -0.3 is 5.32 Å². The second-order valence-electron chi connectivity index (χ2n) is 6.73. The van der Waals surface area contributed by atoms with Crippen molar-refractivity contribution in [2.75, 3.05) is 6.54 Å². The van der Waals surface area contributed by atoms with E-state index >= 15 is 0 Å². The molecular formula is C17H30ClN3. The zero-order valence-electron chi connectivity index (χ0n) is 14.0. The van der Waals surface area contributed by atoms with Gasteiger partial charge in [0, 0.05) is 12.6 Å². The van der Waals surface area contributed by atoms with E-state index in [9.17, 15) is 0 Å². The standard InChI is InChI=1S/C17H30ClN3/c1-5-21-16(17(18)13(4)20-21)10-15(11-19-12(2)3)14-8-6-7-9-14/h12,14-15,19H,5-11H2,1-4H3. The molecule has 0 spiro atoms. The van der Waals surface area contributed by atoms with Crippen LogP contribution in [-0.2, 0) is 13.0 Å². The zero-order chi connectivity index (χ0) is 15.4. The van der Waals surface area contributed by atoms with E-state index in [2.05, 4.69) is 35.9 Å². The molecule has 0 bridgehead atoms. The molecule has 2 rings (SSSR count). The molecule has 0 amide bonds. The van der Waals surface area contributed by atoms with Crippen LogP contribution in [0.2, 0.25) is 5.02 Å². The monoisotopic (exact) mass is 311 g/mol. The molecule has 1 N–H and O–H groups in total. The minimum absolute atomic E-state index is 0.544. The van der Waals surface area contributed by atoms with Gasteiger partial charge in [0.15, 0.2) is 0 Å². The summed E-state index contributed by atoms with van der Waals surface area (Å²) in [6, 6.07) is 0.544. The third-order valence-electron chi connectivity index (χ3n) is 4.76. The molecule has 1 unspecified atom stereocenters. The molecule has 0 saturated heterocycles. The third kappa shape index (κ3) is 4.23. The van der Waals surface area contributed by atoms with Crippen LogP contribution in [0.5, 0.6) is 0 Å². The topological polar surface area (TPSA) is 29.9 Å². The maximum atomic E-state index is 6.50. The van der Waals surface area contributed by atoms with Crippen molar-refractivity contribution in [3.8, 4) is 0 Å². The van der Waals surface area contributed by atoms with Crippen LogP contribution in [0.4, 0.5) is 0 Å². The van der Waals surface area contributed by atoms with Crippen molar-refractivity contribution in [1.82, 2.24) is 15.1 Å². The lowest BCUT2D eigenvalue weighted by atomic mass is 9.86. The Bertz CT molecular complexity index is 447. The van der Waals surface area contributed by atoms with Gasteiger partial charge >= 0.3 is 0 Å². The van der Waals surface area contributed by atoms with Crippen molar-refractivity contribution in [3.63, 3.8) is 0 Å². The first-order valence-corrected chi connectivity index (χ1v) is 8.85. The highest BCUT2D eigenvalue weighted by Gasteiger charge is 2.27. The molecule has 0 radical (unpaired) electrons. The first kappa shape index (κ1) is 16.8. The largest absolute Gasteiger partial charge is 0.314 e. The number of halogens is 1. The number of rotatable bonds is 7. The molecule has 1 heterocycles. The van der Waals surface area contributed by atoms with E-state index in [1.165, 1.54) is 31.4 Å². The lowest BCUT2D eigenvalue weighted by Crippen LogP contribution is -2.33. The minimum Gasteiger partial charge on any atom is -0.314 e. The molecule has 1 saturated carbocycles. The second-order valence-corrected chi connectivity index (χ2v) is 7.11. The molecule has 0 aromatic carbocycles. The number of nitrogens with one attached hydrogen (secondary N) is 1. The molecule has 21 heavy (non-hydrogen) atoms. The summed E-state index contributed by atoms with van der Waals surface area (Å²) in [5.41, 5.74) is 2.20. The van der Waals surface area contributed by atoms with Crippen LogP contribution in [0.25, 0.3) is 0 Å². The average molecular weight is 312 g/mol. The average Bonchev–Trinajstić information content (AvgIpc) is 3.06. The second kappa shape index (κ2) is 7.64. The summed E-state index contributed by atoms with van der Waals surface area (Å²) in [4.78, 5) is 0. The van der Waals surface area contributed by atoms with E-state index in [-0.39, 0.29) is 0 Å². The van der Waals surface area contributed by atoms with Gasteiger partial charge in [-0.25, -0.2) is 0 Å². The number of hydrogen-bond donors (Lipinski definition) is 1. The third-order valence-corrected chi connectivity index (χ3v) is 5.25. The molecule has 1 atom stereocenters. The molecule has 0 aliphatic heterocycles. The van der Waals surface area contributed by atoms with E-state index in [4.69, 9.17) is 11.6 Å². The fourth-order valence-electron chi connectivity index (χ4n) is 3.53. The highest BCUT2D eigenvalue weighted by Crippen LogP contribution is 2.34. The van der Waals surface area contributed by atoms with Gasteiger partial charge in [0.1, 0.15) is 0 Å². The fourth-order valence-corrected chi connectivity index (χ4v) is 3.75. The molecule has 3 nitrogen and oxygen atoms in total. The molecule has 1 aliphatic rings. The number of hydrogen-bond acceptors (Lipinski definition) is 2. The molecular weight excluding hydrogens is 282 g/mol. The fraction of sp³-hybridized carbons (Fsp3) is 0.824. The number of nitrogens with zero attached hydrogens (tertiary/aromatic N) is 2. The van der Waals surface area contributed by atoms with Crippen LogP contribution in [0.15, 0.2) is 0 Å². The molecule has 1 aromatic rings. The van der Waals surface area contributed by atoms with Crippen LogP contribution in [0.3, 0.4) is 0 Å². The maximum absolute atomic E-state index is 6.50. The maximum Gasteiger partial charge on any atom is 0.0847 e. The first-order chi connectivity index (χ1) is 10.0. The minimum atomic E-state index is 0.544. The Kier molecular flexibility index (Phi) is 6.12. The van der Waals surface area contributed by atoms with Crippen molar-refractivity contribution in [2.45, 2.75) is 72.4 Å². The predicted molar refractivity (Wildman–Crippen MR) is 89.9 cm³/mol. The van der Waals surface area contributed by atoms with Crippen molar-refractivity contribution < 1.29 is 0 Å². The van der Waals surface area contributed by atoms with Gasteiger partial charge in [-0.15, -0.1) is 0 Å². The Morgan fingerprint density at radius 3 is 2.57 bits per heavy atom. The van der Waals surface area contributed by atoms with Gasteiger partial charge in [-0.3, -0.25) is 4.68 Å². The van der Waals surface area contributed by atoms with E-state index in [1.807, 2.05) is 6.92 Å². The summed E-state index contributed by atoms with van der Waals surface area (Å²) in [6.07, 6.45) is 6.59. The van der Waals surface area contributed by atoms with Crippen molar-refractivity contribution in [2.24, 2.45) is 11.8 Å². The summed E-state index contributed by atoms with van der Waals surface area (Å²) in [5, 5.41) is 9.08. The summed E-state index contributed by atoms with van der Waals surface area (Å²) < 4.78 is 2.09. The SMILES string of the molecule is CCn1nc(C)c(Cl)c1CC(CNC(C)C)C1CCCC1. The van der Waals surface area contributed by atoms with Gasteiger partial charge in [0.25, 0.3) is 0 Å². The van der Waals surface area contributed by atoms with Gasteiger partial charge in [0.05, 0.1) is 16.4 Å². The van der Waals surface area contributed by atoms with E-state index in [1.54, 1.807) is 0 Å². The van der Waals surface area contributed by atoms with Crippen LogP contribution in [0, 0.1) is 18.8 Å². The van der Waals surface area contributed by atoms with Gasteiger partial charge in [0.2, 0.25) is 0 Å². The summed E-state index contributed by atoms with van der Waals surface area (Å²) >= 11 is 6.50. The lowest BCUT2D eigenvalue weighted by Gasteiger charge is -2.25. The van der Waals surface area contributed by atoms with Crippen LogP contribution < -0.4 is 5.32 Å². The Morgan fingerprint density at radius 1 is 1.33 bits per heavy atom. The molecule has 1 fully saturated rings. The van der Waals surface area contributed by atoms with Crippen molar-refractivity contribution in [3.05, 3.63) is 16.4 Å². The van der Waals surface area contributed by atoms with E-state index < -0.39 is 0 Å².